The second-order valence-corrected chi connectivity index (χ2v) is 5.55. The van der Waals surface area contributed by atoms with Gasteiger partial charge in [-0.3, -0.25) is 0 Å². The predicted octanol–water partition coefficient (Wildman–Crippen LogP) is 3.33. The molecule has 1 unspecified atom stereocenters. The van der Waals surface area contributed by atoms with E-state index in [1.54, 1.807) is 0 Å². The van der Waals surface area contributed by atoms with Gasteiger partial charge in [-0.2, -0.15) is 0 Å². The van der Waals surface area contributed by atoms with Crippen LogP contribution in [0.4, 0.5) is 0 Å². The molecule has 1 aliphatic heterocycles. The zero-order chi connectivity index (χ0) is 11.8. The Morgan fingerprint density at radius 3 is 2.59 bits per heavy atom. The van der Waals surface area contributed by atoms with E-state index >= 15 is 0 Å². The van der Waals surface area contributed by atoms with Crippen molar-refractivity contribution < 1.29 is 5.11 Å². The summed E-state index contributed by atoms with van der Waals surface area (Å²) < 4.78 is 0. The van der Waals surface area contributed by atoms with E-state index in [4.69, 9.17) is 11.6 Å². The molecule has 17 heavy (non-hydrogen) atoms. The summed E-state index contributed by atoms with van der Waals surface area (Å²) in [5.41, 5.74) is 0.937. The molecule has 0 aliphatic carbocycles. The highest BCUT2D eigenvalue weighted by Gasteiger charge is 2.34. The average molecular weight is 276 g/mol. The maximum atomic E-state index is 10.3. The summed E-state index contributed by atoms with van der Waals surface area (Å²) in [5, 5.41) is 14.4. The van der Waals surface area contributed by atoms with Crippen LogP contribution in [0.2, 0.25) is 5.02 Å². The molecule has 1 aromatic carbocycles. The standard InChI is InChI=1S/C13H18ClNO.ClH/c1-13(2)8-7-11(15-13)12(16)9-5-3-4-6-10(9)14;/h3-6,11-12,15-16H,7-8H2,1-2H3;1H/t11-,12?;/m1./s1. The SMILES string of the molecule is CC1(C)CC[C@H](C(O)c2ccccc2Cl)N1.Cl. The van der Waals surface area contributed by atoms with Gasteiger partial charge in [0.1, 0.15) is 0 Å². The van der Waals surface area contributed by atoms with Gasteiger partial charge in [0.15, 0.2) is 0 Å². The minimum atomic E-state index is -0.518. The maximum Gasteiger partial charge on any atom is 0.0957 e. The van der Waals surface area contributed by atoms with E-state index in [2.05, 4.69) is 19.2 Å². The van der Waals surface area contributed by atoms with E-state index in [0.717, 1.165) is 18.4 Å². The molecular formula is C13H19Cl2NO. The molecule has 96 valence electrons. The largest absolute Gasteiger partial charge is 0.387 e. The molecule has 0 bridgehead atoms. The Labute approximate surface area is 114 Å². The number of benzene rings is 1. The van der Waals surface area contributed by atoms with E-state index in [1.165, 1.54) is 0 Å². The van der Waals surface area contributed by atoms with Crippen LogP contribution in [0.15, 0.2) is 24.3 Å². The lowest BCUT2D eigenvalue weighted by Gasteiger charge is -2.24. The first-order valence-corrected chi connectivity index (χ1v) is 6.07. The van der Waals surface area contributed by atoms with Crippen LogP contribution >= 0.6 is 24.0 Å². The van der Waals surface area contributed by atoms with Crippen LogP contribution in [-0.4, -0.2) is 16.7 Å². The molecule has 0 saturated carbocycles. The second kappa shape index (κ2) is 5.57. The number of hydrogen-bond acceptors (Lipinski definition) is 2. The summed E-state index contributed by atoms with van der Waals surface area (Å²) in [4.78, 5) is 0. The van der Waals surface area contributed by atoms with Crippen molar-refractivity contribution in [1.82, 2.24) is 5.32 Å². The first kappa shape index (κ1) is 14.8. The molecule has 2 atom stereocenters. The zero-order valence-corrected chi connectivity index (χ0v) is 11.7. The Bertz CT molecular complexity index is 381. The van der Waals surface area contributed by atoms with Crippen molar-refractivity contribution in [3.63, 3.8) is 0 Å². The fourth-order valence-corrected chi connectivity index (χ4v) is 2.58. The predicted molar refractivity (Wildman–Crippen MR) is 73.9 cm³/mol. The van der Waals surface area contributed by atoms with Crippen molar-refractivity contribution in [3.8, 4) is 0 Å². The third-order valence-electron chi connectivity index (χ3n) is 3.26. The van der Waals surface area contributed by atoms with Crippen LogP contribution in [0, 0.1) is 0 Å². The molecule has 1 fully saturated rings. The lowest BCUT2D eigenvalue weighted by molar-refractivity contribution is 0.132. The smallest absolute Gasteiger partial charge is 0.0957 e. The number of aliphatic hydroxyl groups excluding tert-OH is 1. The normalized spacial score (nSPS) is 24.1. The van der Waals surface area contributed by atoms with Crippen molar-refractivity contribution in [2.75, 3.05) is 0 Å². The molecular weight excluding hydrogens is 257 g/mol. The van der Waals surface area contributed by atoms with E-state index in [1.807, 2.05) is 24.3 Å². The summed E-state index contributed by atoms with van der Waals surface area (Å²) in [6.45, 7) is 4.32. The van der Waals surface area contributed by atoms with Crippen molar-refractivity contribution in [2.45, 2.75) is 44.4 Å². The molecule has 2 N–H and O–H groups in total. The summed E-state index contributed by atoms with van der Waals surface area (Å²) in [6.07, 6.45) is 1.55. The van der Waals surface area contributed by atoms with Gasteiger partial charge in [-0.1, -0.05) is 29.8 Å². The minimum Gasteiger partial charge on any atom is -0.387 e. The van der Waals surface area contributed by atoms with Crippen LogP contribution in [0.25, 0.3) is 0 Å². The zero-order valence-electron chi connectivity index (χ0n) is 10.1. The molecule has 1 aliphatic rings. The Balaban J connectivity index is 0.00000144. The molecule has 0 aromatic heterocycles. The molecule has 2 rings (SSSR count). The Morgan fingerprint density at radius 1 is 1.41 bits per heavy atom. The van der Waals surface area contributed by atoms with Gasteiger partial charge in [0, 0.05) is 22.2 Å². The van der Waals surface area contributed by atoms with Crippen molar-refractivity contribution in [2.24, 2.45) is 0 Å². The number of rotatable bonds is 2. The lowest BCUT2D eigenvalue weighted by atomic mass is 10.00. The topological polar surface area (TPSA) is 32.3 Å². The quantitative estimate of drug-likeness (QED) is 0.868. The number of hydrogen-bond donors (Lipinski definition) is 2. The van der Waals surface area contributed by atoms with E-state index in [9.17, 15) is 5.11 Å². The van der Waals surface area contributed by atoms with Crippen molar-refractivity contribution >= 4 is 24.0 Å². The van der Waals surface area contributed by atoms with Crippen molar-refractivity contribution in [3.05, 3.63) is 34.9 Å². The van der Waals surface area contributed by atoms with Gasteiger partial charge in [0.2, 0.25) is 0 Å². The highest BCUT2D eigenvalue weighted by Crippen LogP contribution is 2.32. The first-order chi connectivity index (χ1) is 7.49. The van der Waals surface area contributed by atoms with Gasteiger partial charge in [-0.25, -0.2) is 0 Å². The summed E-state index contributed by atoms with van der Waals surface area (Å²) >= 11 is 6.08. The number of aliphatic hydroxyl groups is 1. The Hall–Kier alpha value is -0.280. The monoisotopic (exact) mass is 275 g/mol. The fourth-order valence-electron chi connectivity index (χ4n) is 2.33. The van der Waals surface area contributed by atoms with Gasteiger partial charge >= 0.3 is 0 Å². The molecule has 2 nitrogen and oxygen atoms in total. The summed E-state index contributed by atoms with van der Waals surface area (Å²) in [7, 11) is 0. The van der Waals surface area contributed by atoms with Crippen LogP contribution in [0.3, 0.4) is 0 Å². The minimum absolute atomic E-state index is 0. The summed E-state index contributed by atoms with van der Waals surface area (Å²) in [6, 6.07) is 7.60. The van der Waals surface area contributed by atoms with Crippen LogP contribution in [-0.2, 0) is 0 Å². The van der Waals surface area contributed by atoms with Crippen LogP contribution in [0.1, 0.15) is 38.4 Å². The second-order valence-electron chi connectivity index (χ2n) is 5.14. The Kier molecular flexibility index (Phi) is 4.85. The first-order valence-electron chi connectivity index (χ1n) is 5.70. The maximum absolute atomic E-state index is 10.3. The van der Waals surface area contributed by atoms with Crippen molar-refractivity contribution in [1.29, 1.82) is 0 Å². The van der Waals surface area contributed by atoms with Gasteiger partial charge in [-0.15, -0.1) is 12.4 Å². The van der Waals surface area contributed by atoms with Gasteiger partial charge in [-0.05, 0) is 32.8 Å². The van der Waals surface area contributed by atoms with E-state index < -0.39 is 6.10 Å². The third kappa shape index (κ3) is 3.35. The van der Waals surface area contributed by atoms with Gasteiger partial charge < -0.3 is 10.4 Å². The molecule has 1 saturated heterocycles. The fraction of sp³-hybridized carbons (Fsp3) is 0.538. The van der Waals surface area contributed by atoms with E-state index in [0.29, 0.717) is 5.02 Å². The lowest BCUT2D eigenvalue weighted by Crippen LogP contribution is -2.40. The molecule has 4 heteroatoms. The molecule has 0 amide bonds. The number of nitrogens with one attached hydrogen (secondary N) is 1. The van der Waals surface area contributed by atoms with Crippen LogP contribution in [0.5, 0.6) is 0 Å². The number of halogens is 2. The Morgan fingerprint density at radius 2 is 2.06 bits per heavy atom. The van der Waals surface area contributed by atoms with Crippen LogP contribution < -0.4 is 5.32 Å². The van der Waals surface area contributed by atoms with Gasteiger partial charge in [0.25, 0.3) is 0 Å². The third-order valence-corrected chi connectivity index (χ3v) is 3.61. The molecule has 1 heterocycles. The van der Waals surface area contributed by atoms with Gasteiger partial charge in [0.05, 0.1) is 6.10 Å². The molecule has 0 radical (unpaired) electrons. The highest BCUT2D eigenvalue weighted by molar-refractivity contribution is 6.31. The molecule has 0 spiro atoms. The molecule has 1 aromatic rings. The average Bonchev–Trinajstić information content (AvgIpc) is 2.59. The van der Waals surface area contributed by atoms with E-state index in [-0.39, 0.29) is 24.0 Å². The highest BCUT2D eigenvalue weighted by atomic mass is 35.5. The summed E-state index contributed by atoms with van der Waals surface area (Å²) in [5.74, 6) is 0.